The van der Waals surface area contributed by atoms with Crippen molar-refractivity contribution in [3.05, 3.63) is 0 Å². The van der Waals surface area contributed by atoms with Crippen LogP contribution in [0.2, 0.25) is 0 Å². The number of thioether (sulfide) groups is 1. The van der Waals surface area contributed by atoms with Gasteiger partial charge < -0.3 is 10.5 Å². The Balaban J connectivity index is 3.63. The minimum absolute atomic E-state index is 0.407. The van der Waals surface area contributed by atoms with E-state index in [-0.39, 0.29) is 0 Å². The summed E-state index contributed by atoms with van der Waals surface area (Å²) in [6.45, 7) is 4.60. The fourth-order valence-electron chi connectivity index (χ4n) is 1.03. The monoisotopic (exact) mass is 202 g/mol. The number of hydrogen-bond acceptors (Lipinski definition) is 4. The van der Waals surface area contributed by atoms with Crippen LogP contribution in [0, 0.1) is 11.3 Å². The molecule has 0 aromatic heterocycles. The van der Waals surface area contributed by atoms with Gasteiger partial charge in [0.1, 0.15) is 5.54 Å². The van der Waals surface area contributed by atoms with Crippen molar-refractivity contribution in [3.63, 3.8) is 0 Å². The molecular formula is C9H18N2OS. The molecule has 0 saturated carbocycles. The van der Waals surface area contributed by atoms with Gasteiger partial charge in [-0.15, -0.1) is 0 Å². The molecule has 0 rings (SSSR count). The zero-order valence-corrected chi connectivity index (χ0v) is 9.36. The van der Waals surface area contributed by atoms with Crippen LogP contribution in [0.5, 0.6) is 0 Å². The molecule has 0 spiro atoms. The first-order valence-corrected chi connectivity index (χ1v) is 5.37. The predicted molar refractivity (Wildman–Crippen MR) is 56.6 cm³/mol. The molecule has 0 saturated heterocycles. The summed E-state index contributed by atoms with van der Waals surface area (Å²) >= 11 is 1.79. The molecule has 0 aromatic carbocycles. The van der Waals surface area contributed by atoms with Gasteiger partial charge in [0.2, 0.25) is 0 Å². The Labute approximate surface area is 84.6 Å². The van der Waals surface area contributed by atoms with Gasteiger partial charge in [0.15, 0.2) is 0 Å². The van der Waals surface area contributed by atoms with Crippen molar-refractivity contribution < 1.29 is 4.74 Å². The average Bonchev–Trinajstić information content (AvgIpc) is 2.04. The third-order valence-corrected chi connectivity index (χ3v) is 2.79. The summed E-state index contributed by atoms with van der Waals surface area (Å²) in [5.41, 5.74) is 5.02. The highest BCUT2D eigenvalue weighted by Crippen LogP contribution is 2.19. The summed E-state index contributed by atoms with van der Waals surface area (Å²) in [5, 5.41) is 9.11. The van der Waals surface area contributed by atoms with Crippen LogP contribution in [0.25, 0.3) is 0 Å². The third kappa shape index (κ3) is 6.88. The van der Waals surface area contributed by atoms with Crippen molar-refractivity contribution >= 4 is 11.8 Å². The van der Waals surface area contributed by atoms with E-state index in [1.54, 1.807) is 25.8 Å². The summed E-state index contributed by atoms with van der Waals surface area (Å²) in [7, 11) is 1.69. The zero-order chi connectivity index (χ0) is 10.3. The highest BCUT2D eigenvalue weighted by molar-refractivity contribution is 7.99. The van der Waals surface area contributed by atoms with Crippen LogP contribution in [0.15, 0.2) is 0 Å². The molecule has 3 nitrogen and oxygen atoms in total. The smallest absolute Gasteiger partial charge is 0.102 e. The average molecular weight is 202 g/mol. The Hall–Kier alpha value is -0.240. The molecule has 76 valence electrons. The normalized spacial score (nSPS) is 17.5. The number of rotatable bonds is 6. The van der Waals surface area contributed by atoms with Crippen molar-refractivity contribution in [1.82, 2.24) is 0 Å². The lowest BCUT2D eigenvalue weighted by molar-refractivity contribution is 0.218. The van der Waals surface area contributed by atoms with Gasteiger partial charge >= 0.3 is 0 Å². The van der Waals surface area contributed by atoms with E-state index in [9.17, 15) is 0 Å². The summed E-state index contributed by atoms with van der Waals surface area (Å²) in [5.74, 6) is 0.958. The summed E-state index contributed by atoms with van der Waals surface area (Å²) in [6, 6.07) is 2.10. The molecule has 0 aromatic rings. The molecule has 0 bridgehead atoms. The maximum atomic E-state index is 8.71. The molecular weight excluding hydrogens is 184 g/mol. The highest BCUT2D eigenvalue weighted by atomic mass is 32.2. The first kappa shape index (κ1) is 12.8. The van der Waals surface area contributed by atoms with Crippen molar-refractivity contribution in [2.75, 3.05) is 19.5 Å². The standard InChI is InChI=1S/C9H18N2OS/c1-8(13-5-4-12-3)6-9(2,11)7-10/h8H,4-6,11H2,1-3H3. The first-order chi connectivity index (χ1) is 6.02. The van der Waals surface area contributed by atoms with E-state index in [0.29, 0.717) is 5.25 Å². The van der Waals surface area contributed by atoms with E-state index in [2.05, 4.69) is 13.0 Å². The second-order valence-electron chi connectivity index (χ2n) is 3.41. The molecule has 4 heteroatoms. The Kier molecular flexibility index (Phi) is 6.13. The van der Waals surface area contributed by atoms with E-state index in [4.69, 9.17) is 15.7 Å². The lowest BCUT2D eigenvalue weighted by Gasteiger charge is -2.19. The van der Waals surface area contributed by atoms with Gasteiger partial charge in [-0.3, -0.25) is 0 Å². The van der Waals surface area contributed by atoms with Crippen molar-refractivity contribution in [3.8, 4) is 6.07 Å². The minimum atomic E-state index is -0.695. The SMILES string of the molecule is COCCSC(C)CC(C)(N)C#N. The topological polar surface area (TPSA) is 59.0 Å². The minimum Gasteiger partial charge on any atom is -0.384 e. The molecule has 0 heterocycles. The van der Waals surface area contributed by atoms with Crippen LogP contribution in [0.4, 0.5) is 0 Å². The third-order valence-electron chi connectivity index (χ3n) is 1.66. The number of hydrogen-bond donors (Lipinski definition) is 1. The molecule has 0 aliphatic heterocycles. The molecule has 0 aliphatic carbocycles. The van der Waals surface area contributed by atoms with E-state index in [1.165, 1.54) is 0 Å². The Morgan fingerprint density at radius 3 is 2.77 bits per heavy atom. The lowest BCUT2D eigenvalue weighted by atomic mass is 10.00. The van der Waals surface area contributed by atoms with Gasteiger partial charge in [0.25, 0.3) is 0 Å². The quantitative estimate of drug-likeness (QED) is 0.661. The fraction of sp³-hybridized carbons (Fsp3) is 0.889. The van der Waals surface area contributed by atoms with Gasteiger partial charge in [0.05, 0.1) is 12.7 Å². The van der Waals surface area contributed by atoms with E-state index in [0.717, 1.165) is 18.8 Å². The van der Waals surface area contributed by atoms with Gasteiger partial charge in [-0.25, -0.2) is 0 Å². The molecule has 2 N–H and O–H groups in total. The van der Waals surface area contributed by atoms with Crippen molar-refractivity contribution in [2.45, 2.75) is 31.1 Å². The zero-order valence-electron chi connectivity index (χ0n) is 8.54. The van der Waals surface area contributed by atoms with E-state index >= 15 is 0 Å². The molecule has 0 radical (unpaired) electrons. The van der Waals surface area contributed by atoms with Crippen LogP contribution in [0.3, 0.4) is 0 Å². The summed E-state index contributed by atoms with van der Waals surface area (Å²) < 4.78 is 4.93. The maximum absolute atomic E-state index is 8.71. The molecule has 2 atom stereocenters. The van der Waals surface area contributed by atoms with Crippen LogP contribution < -0.4 is 5.73 Å². The second-order valence-corrected chi connectivity index (χ2v) is 4.95. The van der Waals surface area contributed by atoms with Crippen LogP contribution >= 0.6 is 11.8 Å². The number of nitrogens with zero attached hydrogens (tertiary/aromatic N) is 1. The number of methoxy groups -OCH3 is 1. The number of nitriles is 1. The summed E-state index contributed by atoms with van der Waals surface area (Å²) in [4.78, 5) is 0. The summed E-state index contributed by atoms with van der Waals surface area (Å²) in [6.07, 6.45) is 0.720. The van der Waals surface area contributed by atoms with Crippen LogP contribution in [0.1, 0.15) is 20.3 Å². The van der Waals surface area contributed by atoms with Crippen LogP contribution in [-0.2, 0) is 4.74 Å². The van der Waals surface area contributed by atoms with Gasteiger partial charge in [-0.1, -0.05) is 6.92 Å². The molecule has 2 unspecified atom stereocenters. The Morgan fingerprint density at radius 1 is 1.69 bits per heavy atom. The predicted octanol–water partition coefficient (Wildman–Crippen LogP) is 1.39. The Bertz CT molecular complexity index is 177. The molecule has 0 aliphatic rings. The van der Waals surface area contributed by atoms with E-state index < -0.39 is 5.54 Å². The van der Waals surface area contributed by atoms with Gasteiger partial charge in [0, 0.05) is 18.1 Å². The van der Waals surface area contributed by atoms with Crippen molar-refractivity contribution in [2.24, 2.45) is 5.73 Å². The first-order valence-electron chi connectivity index (χ1n) is 4.32. The number of ether oxygens (including phenoxy) is 1. The lowest BCUT2D eigenvalue weighted by Crippen LogP contribution is -2.36. The molecule has 13 heavy (non-hydrogen) atoms. The Morgan fingerprint density at radius 2 is 2.31 bits per heavy atom. The van der Waals surface area contributed by atoms with Gasteiger partial charge in [-0.05, 0) is 13.3 Å². The van der Waals surface area contributed by atoms with Crippen LogP contribution in [-0.4, -0.2) is 30.3 Å². The molecule has 0 fully saturated rings. The number of nitrogens with two attached hydrogens (primary N) is 1. The maximum Gasteiger partial charge on any atom is 0.102 e. The highest BCUT2D eigenvalue weighted by Gasteiger charge is 2.20. The van der Waals surface area contributed by atoms with E-state index in [1.807, 2.05) is 0 Å². The largest absolute Gasteiger partial charge is 0.384 e. The van der Waals surface area contributed by atoms with Crippen molar-refractivity contribution in [1.29, 1.82) is 5.26 Å². The fourth-order valence-corrected chi connectivity index (χ4v) is 2.16. The second kappa shape index (κ2) is 6.25. The van der Waals surface area contributed by atoms with Gasteiger partial charge in [-0.2, -0.15) is 17.0 Å². The molecule has 0 amide bonds.